The van der Waals surface area contributed by atoms with Gasteiger partial charge >= 0.3 is 0 Å². The summed E-state index contributed by atoms with van der Waals surface area (Å²) >= 11 is 0. The fourth-order valence-corrected chi connectivity index (χ4v) is 1.91. The van der Waals surface area contributed by atoms with E-state index in [4.69, 9.17) is 5.73 Å². The van der Waals surface area contributed by atoms with Gasteiger partial charge in [-0.15, -0.1) is 0 Å². The molecule has 100 valence electrons. The molecule has 0 unspecified atom stereocenters. The summed E-state index contributed by atoms with van der Waals surface area (Å²) in [4.78, 5) is 11.5. The molecule has 0 aliphatic carbocycles. The SMILES string of the molecule is Cc1cccc(CCNC(=O)CCCCCN)c1. The summed E-state index contributed by atoms with van der Waals surface area (Å²) in [6, 6.07) is 8.40. The van der Waals surface area contributed by atoms with Crippen molar-refractivity contribution in [2.24, 2.45) is 5.73 Å². The van der Waals surface area contributed by atoms with E-state index < -0.39 is 0 Å². The lowest BCUT2D eigenvalue weighted by Gasteiger charge is -2.06. The van der Waals surface area contributed by atoms with Crippen molar-refractivity contribution in [2.75, 3.05) is 13.1 Å². The topological polar surface area (TPSA) is 55.1 Å². The van der Waals surface area contributed by atoms with Crippen LogP contribution >= 0.6 is 0 Å². The first-order valence-electron chi connectivity index (χ1n) is 6.74. The van der Waals surface area contributed by atoms with Gasteiger partial charge in [0.2, 0.25) is 5.91 Å². The highest BCUT2D eigenvalue weighted by molar-refractivity contribution is 5.75. The number of unbranched alkanes of at least 4 members (excludes halogenated alkanes) is 2. The number of hydrogen-bond donors (Lipinski definition) is 2. The van der Waals surface area contributed by atoms with Gasteiger partial charge in [0.25, 0.3) is 0 Å². The van der Waals surface area contributed by atoms with Crippen molar-refractivity contribution in [1.82, 2.24) is 5.32 Å². The first kappa shape index (κ1) is 14.7. The summed E-state index contributed by atoms with van der Waals surface area (Å²) in [5.74, 6) is 0.152. The zero-order valence-electron chi connectivity index (χ0n) is 11.2. The number of carbonyl (C=O) groups excluding carboxylic acids is 1. The standard InChI is InChI=1S/C15H24N2O/c1-13-6-5-7-14(12-13)9-11-17-15(18)8-3-2-4-10-16/h5-7,12H,2-4,8-11,16H2,1H3,(H,17,18). The predicted molar refractivity (Wildman–Crippen MR) is 75.4 cm³/mol. The van der Waals surface area contributed by atoms with E-state index >= 15 is 0 Å². The maximum atomic E-state index is 11.5. The second-order valence-corrected chi connectivity index (χ2v) is 4.69. The van der Waals surface area contributed by atoms with Gasteiger partial charge < -0.3 is 11.1 Å². The van der Waals surface area contributed by atoms with Crippen LogP contribution in [0.2, 0.25) is 0 Å². The lowest BCUT2D eigenvalue weighted by molar-refractivity contribution is -0.121. The van der Waals surface area contributed by atoms with Crippen molar-refractivity contribution in [3.63, 3.8) is 0 Å². The molecule has 0 saturated carbocycles. The zero-order chi connectivity index (χ0) is 13.2. The molecule has 0 radical (unpaired) electrons. The predicted octanol–water partition coefficient (Wildman–Crippen LogP) is 2.17. The fourth-order valence-electron chi connectivity index (χ4n) is 1.91. The summed E-state index contributed by atoms with van der Waals surface area (Å²) in [5, 5.41) is 2.96. The van der Waals surface area contributed by atoms with Crippen molar-refractivity contribution in [2.45, 2.75) is 39.0 Å². The van der Waals surface area contributed by atoms with Crippen LogP contribution in [-0.4, -0.2) is 19.0 Å². The maximum Gasteiger partial charge on any atom is 0.220 e. The Morgan fingerprint density at radius 3 is 2.83 bits per heavy atom. The normalized spacial score (nSPS) is 10.3. The van der Waals surface area contributed by atoms with Crippen LogP contribution < -0.4 is 11.1 Å². The number of benzene rings is 1. The molecule has 1 aromatic rings. The van der Waals surface area contributed by atoms with E-state index in [1.165, 1.54) is 11.1 Å². The van der Waals surface area contributed by atoms with E-state index in [0.29, 0.717) is 6.42 Å². The van der Waals surface area contributed by atoms with Crippen molar-refractivity contribution in [3.05, 3.63) is 35.4 Å². The Morgan fingerprint density at radius 1 is 1.28 bits per heavy atom. The van der Waals surface area contributed by atoms with Crippen LogP contribution in [0.15, 0.2) is 24.3 Å². The van der Waals surface area contributed by atoms with Gasteiger partial charge in [0.15, 0.2) is 0 Å². The van der Waals surface area contributed by atoms with Gasteiger partial charge in [-0.25, -0.2) is 0 Å². The number of nitrogens with one attached hydrogen (secondary N) is 1. The minimum atomic E-state index is 0.152. The molecule has 0 aromatic heterocycles. The smallest absolute Gasteiger partial charge is 0.220 e. The van der Waals surface area contributed by atoms with Gasteiger partial charge in [-0.2, -0.15) is 0 Å². The molecule has 0 saturated heterocycles. The highest BCUT2D eigenvalue weighted by Crippen LogP contribution is 2.04. The van der Waals surface area contributed by atoms with Gasteiger partial charge in [-0.05, 0) is 38.3 Å². The van der Waals surface area contributed by atoms with Crippen LogP contribution in [0.25, 0.3) is 0 Å². The molecule has 18 heavy (non-hydrogen) atoms. The minimum Gasteiger partial charge on any atom is -0.356 e. The van der Waals surface area contributed by atoms with Crippen molar-refractivity contribution >= 4 is 5.91 Å². The van der Waals surface area contributed by atoms with E-state index in [9.17, 15) is 4.79 Å². The van der Waals surface area contributed by atoms with Crippen LogP contribution in [0.5, 0.6) is 0 Å². The quantitative estimate of drug-likeness (QED) is 0.693. The van der Waals surface area contributed by atoms with E-state index in [2.05, 4.69) is 36.5 Å². The molecular weight excluding hydrogens is 224 g/mol. The summed E-state index contributed by atoms with van der Waals surface area (Å²) in [5.41, 5.74) is 7.94. The molecule has 0 atom stereocenters. The Kier molecular flexibility index (Phi) is 7.11. The van der Waals surface area contributed by atoms with Crippen LogP contribution in [-0.2, 0) is 11.2 Å². The summed E-state index contributed by atoms with van der Waals surface area (Å²) in [6.45, 7) is 3.52. The Balaban J connectivity index is 2.12. The molecule has 3 nitrogen and oxygen atoms in total. The second kappa shape index (κ2) is 8.70. The molecule has 0 aliphatic rings. The lowest BCUT2D eigenvalue weighted by atomic mass is 10.1. The van der Waals surface area contributed by atoms with Crippen LogP contribution in [0.3, 0.4) is 0 Å². The van der Waals surface area contributed by atoms with Crippen LogP contribution in [0.4, 0.5) is 0 Å². The average molecular weight is 248 g/mol. The lowest BCUT2D eigenvalue weighted by Crippen LogP contribution is -2.25. The first-order chi connectivity index (χ1) is 8.72. The van der Waals surface area contributed by atoms with E-state index in [0.717, 1.165) is 38.8 Å². The van der Waals surface area contributed by atoms with E-state index in [1.807, 2.05) is 0 Å². The largest absolute Gasteiger partial charge is 0.356 e. The molecule has 0 bridgehead atoms. The Morgan fingerprint density at radius 2 is 2.11 bits per heavy atom. The van der Waals surface area contributed by atoms with Crippen LogP contribution in [0, 0.1) is 6.92 Å². The number of carbonyl (C=O) groups is 1. The molecule has 3 N–H and O–H groups in total. The molecular formula is C15H24N2O. The van der Waals surface area contributed by atoms with Gasteiger partial charge in [-0.3, -0.25) is 4.79 Å². The Bertz CT molecular complexity index is 363. The van der Waals surface area contributed by atoms with Gasteiger partial charge in [-0.1, -0.05) is 36.2 Å². The van der Waals surface area contributed by atoms with E-state index in [-0.39, 0.29) is 5.91 Å². The van der Waals surface area contributed by atoms with Crippen molar-refractivity contribution in [3.8, 4) is 0 Å². The number of rotatable bonds is 8. The maximum absolute atomic E-state index is 11.5. The molecule has 1 amide bonds. The van der Waals surface area contributed by atoms with E-state index in [1.54, 1.807) is 0 Å². The average Bonchev–Trinajstić information content (AvgIpc) is 2.35. The Hall–Kier alpha value is -1.35. The number of hydrogen-bond acceptors (Lipinski definition) is 2. The third-order valence-electron chi connectivity index (χ3n) is 2.93. The summed E-state index contributed by atoms with van der Waals surface area (Å²) < 4.78 is 0. The van der Waals surface area contributed by atoms with Crippen molar-refractivity contribution in [1.29, 1.82) is 0 Å². The number of nitrogens with two attached hydrogens (primary N) is 1. The fraction of sp³-hybridized carbons (Fsp3) is 0.533. The summed E-state index contributed by atoms with van der Waals surface area (Å²) in [7, 11) is 0. The zero-order valence-corrected chi connectivity index (χ0v) is 11.2. The highest BCUT2D eigenvalue weighted by Gasteiger charge is 2.00. The number of aryl methyl sites for hydroxylation is 1. The first-order valence-corrected chi connectivity index (χ1v) is 6.74. The molecule has 0 aliphatic heterocycles. The highest BCUT2D eigenvalue weighted by atomic mass is 16.1. The van der Waals surface area contributed by atoms with Gasteiger partial charge in [0, 0.05) is 13.0 Å². The molecule has 1 rings (SSSR count). The molecule has 3 heteroatoms. The monoisotopic (exact) mass is 248 g/mol. The van der Waals surface area contributed by atoms with Gasteiger partial charge in [0.1, 0.15) is 0 Å². The van der Waals surface area contributed by atoms with Crippen LogP contribution in [0.1, 0.15) is 36.8 Å². The summed E-state index contributed by atoms with van der Waals surface area (Å²) in [6.07, 6.45) is 4.51. The Labute approximate surface area is 110 Å². The third kappa shape index (κ3) is 6.40. The second-order valence-electron chi connectivity index (χ2n) is 4.69. The van der Waals surface area contributed by atoms with Gasteiger partial charge in [0.05, 0.1) is 0 Å². The van der Waals surface area contributed by atoms with Crippen molar-refractivity contribution < 1.29 is 4.79 Å². The molecule has 1 aromatic carbocycles. The molecule has 0 spiro atoms. The number of amides is 1. The molecule has 0 heterocycles. The molecule has 0 fully saturated rings. The minimum absolute atomic E-state index is 0.152. The third-order valence-corrected chi connectivity index (χ3v) is 2.93.